The highest BCUT2D eigenvalue weighted by Gasteiger charge is 2.37. The summed E-state index contributed by atoms with van der Waals surface area (Å²) in [6.45, 7) is 0.410. The number of nitrogens with zero attached hydrogens (tertiary/aromatic N) is 3. The Kier molecular flexibility index (Phi) is 4.68. The van der Waals surface area contributed by atoms with E-state index in [0.29, 0.717) is 23.7 Å². The molecule has 1 saturated carbocycles. The van der Waals surface area contributed by atoms with E-state index in [9.17, 15) is 9.90 Å². The maximum Gasteiger partial charge on any atom is 0.271 e. The van der Waals surface area contributed by atoms with E-state index < -0.39 is 0 Å². The molecule has 0 bridgehead atoms. The molecule has 24 heavy (non-hydrogen) atoms. The third-order valence-corrected chi connectivity index (χ3v) is 4.56. The first-order valence-electron chi connectivity index (χ1n) is 8.16. The van der Waals surface area contributed by atoms with Crippen LogP contribution in [0, 0.1) is 17.2 Å². The summed E-state index contributed by atoms with van der Waals surface area (Å²) >= 11 is 0. The molecule has 5 heteroatoms. The van der Waals surface area contributed by atoms with Gasteiger partial charge in [0.2, 0.25) is 0 Å². The predicted molar refractivity (Wildman–Crippen MR) is 90.0 cm³/mol. The smallest absolute Gasteiger partial charge is 0.271 e. The first-order valence-corrected chi connectivity index (χ1v) is 8.16. The molecule has 1 atom stereocenters. The SMILES string of the molecule is Cn1cc(C#N)cc1C(=O)N(Cc1ccccc1)[C@H](CO)C1CC1. The van der Waals surface area contributed by atoms with Crippen molar-refractivity contribution in [3.63, 3.8) is 0 Å². The lowest BCUT2D eigenvalue weighted by Gasteiger charge is -2.31. The van der Waals surface area contributed by atoms with E-state index in [2.05, 4.69) is 6.07 Å². The molecule has 1 aliphatic rings. The number of aliphatic hydroxyl groups excluding tert-OH is 1. The van der Waals surface area contributed by atoms with Crippen molar-refractivity contribution in [1.82, 2.24) is 9.47 Å². The van der Waals surface area contributed by atoms with Gasteiger partial charge in [-0.25, -0.2) is 0 Å². The van der Waals surface area contributed by atoms with Crippen LogP contribution in [-0.2, 0) is 13.6 Å². The Bertz CT molecular complexity index is 757. The summed E-state index contributed by atoms with van der Waals surface area (Å²) in [5.74, 6) is 0.215. The monoisotopic (exact) mass is 323 g/mol. The van der Waals surface area contributed by atoms with E-state index in [1.54, 1.807) is 28.8 Å². The van der Waals surface area contributed by atoms with Gasteiger partial charge in [-0.3, -0.25) is 4.79 Å². The number of rotatable bonds is 6. The molecular weight excluding hydrogens is 302 g/mol. The summed E-state index contributed by atoms with van der Waals surface area (Å²) in [4.78, 5) is 14.9. The maximum atomic E-state index is 13.1. The fourth-order valence-electron chi connectivity index (χ4n) is 3.09. The molecule has 0 spiro atoms. The van der Waals surface area contributed by atoms with Crippen molar-refractivity contribution in [2.24, 2.45) is 13.0 Å². The zero-order chi connectivity index (χ0) is 17.1. The van der Waals surface area contributed by atoms with E-state index in [0.717, 1.165) is 18.4 Å². The third-order valence-electron chi connectivity index (χ3n) is 4.56. The van der Waals surface area contributed by atoms with Crippen LogP contribution >= 0.6 is 0 Å². The number of aliphatic hydroxyl groups is 1. The number of hydrogen-bond acceptors (Lipinski definition) is 3. The fraction of sp³-hybridized carbons (Fsp3) is 0.368. The Morgan fingerprint density at radius 2 is 2.12 bits per heavy atom. The normalized spacial score (nSPS) is 14.9. The predicted octanol–water partition coefficient (Wildman–Crippen LogP) is 2.31. The topological polar surface area (TPSA) is 69.3 Å². The summed E-state index contributed by atoms with van der Waals surface area (Å²) in [6, 6.07) is 13.3. The molecule has 1 heterocycles. The van der Waals surface area contributed by atoms with Crippen LogP contribution in [0.25, 0.3) is 0 Å². The highest BCUT2D eigenvalue weighted by atomic mass is 16.3. The minimum absolute atomic E-state index is 0.0429. The van der Waals surface area contributed by atoms with Gasteiger partial charge in [0.15, 0.2) is 0 Å². The van der Waals surface area contributed by atoms with Crippen LogP contribution in [0.5, 0.6) is 0 Å². The number of benzene rings is 1. The highest BCUT2D eigenvalue weighted by molar-refractivity contribution is 5.93. The average Bonchev–Trinajstić information content (AvgIpc) is 3.36. The number of aryl methyl sites for hydroxylation is 1. The summed E-state index contributed by atoms with van der Waals surface area (Å²) in [6.07, 6.45) is 3.74. The summed E-state index contributed by atoms with van der Waals surface area (Å²) in [7, 11) is 1.76. The minimum atomic E-state index is -0.182. The zero-order valence-corrected chi connectivity index (χ0v) is 13.7. The van der Waals surface area contributed by atoms with E-state index in [1.807, 2.05) is 30.3 Å². The Labute approximate surface area is 141 Å². The molecule has 0 aliphatic heterocycles. The minimum Gasteiger partial charge on any atom is -0.394 e. The Hall–Kier alpha value is -2.58. The molecule has 0 radical (unpaired) electrons. The van der Waals surface area contributed by atoms with Gasteiger partial charge in [0.1, 0.15) is 11.8 Å². The Balaban J connectivity index is 1.92. The maximum absolute atomic E-state index is 13.1. The molecule has 1 aliphatic carbocycles. The van der Waals surface area contributed by atoms with Crippen LogP contribution in [0.4, 0.5) is 0 Å². The second-order valence-corrected chi connectivity index (χ2v) is 6.34. The van der Waals surface area contributed by atoms with Crippen LogP contribution < -0.4 is 0 Å². The summed E-state index contributed by atoms with van der Waals surface area (Å²) < 4.78 is 1.68. The van der Waals surface area contributed by atoms with Crippen molar-refractivity contribution in [2.75, 3.05) is 6.61 Å². The van der Waals surface area contributed by atoms with Gasteiger partial charge in [0, 0.05) is 19.8 Å². The standard InChI is InChI=1S/C19H21N3O2/c1-21-11-15(10-20)9-17(21)19(24)22(18(13-23)16-7-8-16)12-14-5-3-2-4-6-14/h2-6,9,11,16,18,23H,7-8,12-13H2,1H3/t18-/m1/s1. The van der Waals surface area contributed by atoms with Crippen LogP contribution in [-0.4, -0.2) is 33.1 Å². The largest absolute Gasteiger partial charge is 0.394 e. The zero-order valence-electron chi connectivity index (χ0n) is 13.7. The quantitative estimate of drug-likeness (QED) is 0.887. The van der Waals surface area contributed by atoms with Crippen molar-refractivity contribution in [3.05, 3.63) is 59.4 Å². The molecule has 3 rings (SSSR count). The lowest BCUT2D eigenvalue weighted by Crippen LogP contribution is -2.44. The van der Waals surface area contributed by atoms with Crippen LogP contribution in [0.2, 0.25) is 0 Å². The molecule has 124 valence electrons. The fourth-order valence-corrected chi connectivity index (χ4v) is 3.09. The number of amides is 1. The molecule has 1 aromatic heterocycles. The van der Waals surface area contributed by atoms with E-state index in [-0.39, 0.29) is 18.6 Å². The molecule has 5 nitrogen and oxygen atoms in total. The van der Waals surface area contributed by atoms with Crippen LogP contribution in [0.1, 0.15) is 34.5 Å². The molecule has 2 aromatic rings. The second kappa shape index (κ2) is 6.90. The number of carbonyl (C=O) groups is 1. The molecule has 1 fully saturated rings. The average molecular weight is 323 g/mol. The molecule has 0 unspecified atom stereocenters. The molecular formula is C19H21N3O2. The van der Waals surface area contributed by atoms with Gasteiger partial charge >= 0.3 is 0 Å². The van der Waals surface area contributed by atoms with Gasteiger partial charge in [-0.2, -0.15) is 5.26 Å². The van der Waals surface area contributed by atoms with Crippen molar-refractivity contribution in [2.45, 2.75) is 25.4 Å². The third kappa shape index (κ3) is 3.34. The van der Waals surface area contributed by atoms with Gasteiger partial charge in [0.05, 0.1) is 18.2 Å². The summed E-state index contributed by atoms with van der Waals surface area (Å²) in [5, 5.41) is 18.9. The van der Waals surface area contributed by atoms with Crippen molar-refractivity contribution in [1.29, 1.82) is 5.26 Å². The highest BCUT2D eigenvalue weighted by Crippen LogP contribution is 2.36. The number of aromatic nitrogens is 1. The van der Waals surface area contributed by atoms with Gasteiger partial charge in [-0.05, 0) is 30.4 Å². The van der Waals surface area contributed by atoms with Gasteiger partial charge < -0.3 is 14.6 Å². The van der Waals surface area contributed by atoms with Crippen molar-refractivity contribution < 1.29 is 9.90 Å². The molecule has 0 saturated heterocycles. The Morgan fingerprint density at radius 3 is 2.67 bits per heavy atom. The molecule has 1 aromatic carbocycles. The van der Waals surface area contributed by atoms with Gasteiger partial charge in [-0.1, -0.05) is 30.3 Å². The van der Waals surface area contributed by atoms with Crippen molar-refractivity contribution in [3.8, 4) is 6.07 Å². The second-order valence-electron chi connectivity index (χ2n) is 6.34. The molecule has 1 N–H and O–H groups in total. The van der Waals surface area contributed by atoms with Gasteiger partial charge in [-0.15, -0.1) is 0 Å². The number of hydrogen-bond donors (Lipinski definition) is 1. The lowest BCUT2D eigenvalue weighted by molar-refractivity contribution is 0.0522. The van der Waals surface area contributed by atoms with Crippen LogP contribution in [0.3, 0.4) is 0 Å². The van der Waals surface area contributed by atoms with Crippen molar-refractivity contribution >= 4 is 5.91 Å². The first-order chi connectivity index (χ1) is 11.6. The summed E-state index contributed by atoms with van der Waals surface area (Å²) in [5.41, 5.74) is 1.97. The van der Waals surface area contributed by atoms with E-state index in [4.69, 9.17) is 5.26 Å². The molecule has 1 amide bonds. The first kappa shape index (κ1) is 16.3. The number of nitriles is 1. The van der Waals surface area contributed by atoms with Gasteiger partial charge in [0.25, 0.3) is 5.91 Å². The Morgan fingerprint density at radius 1 is 1.42 bits per heavy atom. The van der Waals surface area contributed by atoms with E-state index in [1.165, 1.54) is 0 Å². The van der Waals surface area contributed by atoms with E-state index >= 15 is 0 Å². The lowest BCUT2D eigenvalue weighted by atomic mass is 10.1. The van der Waals surface area contributed by atoms with Crippen LogP contribution in [0.15, 0.2) is 42.6 Å². The number of carbonyl (C=O) groups excluding carboxylic acids is 1.